The maximum Gasteiger partial charge on any atom is 0.0223 e. The monoisotopic (exact) mass is 368 g/mol. The van der Waals surface area contributed by atoms with Crippen LogP contribution >= 0.6 is 11.6 Å². The van der Waals surface area contributed by atoms with Crippen molar-refractivity contribution >= 4 is 11.6 Å². The molecule has 0 N–H and O–H groups in total. The number of hydrogen-bond acceptors (Lipinski definition) is 0. The second-order valence-corrected chi connectivity index (χ2v) is 9.38. The summed E-state index contributed by atoms with van der Waals surface area (Å²) in [5, 5.41) is 0. The van der Waals surface area contributed by atoms with Gasteiger partial charge in [-0.25, -0.2) is 0 Å². The van der Waals surface area contributed by atoms with Gasteiger partial charge in [-0.05, 0) is 6.42 Å². The Hall–Kier alpha value is 0.133. The molecule has 0 saturated carbocycles. The molecule has 110 valence electrons. The quantitative estimate of drug-likeness (QED) is 0.345. The molecule has 2 heteroatoms. The van der Waals surface area contributed by atoms with Crippen LogP contribution in [0.1, 0.15) is 58.3 Å². The Balaban J connectivity index is 0.000000206. The minimum absolute atomic E-state index is 0.312. The van der Waals surface area contributed by atoms with Gasteiger partial charge in [0.1, 0.15) is 0 Å². The van der Waals surface area contributed by atoms with Gasteiger partial charge < -0.3 is 0 Å². The van der Waals surface area contributed by atoms with Gasteiger partial charge in [0, 0.05) is 5.88 Å². The van der Waals surface area contributed by atoms with Crippen LogP contribution in [-0.2, 0) is 23.2 Å². The Kier molecular flexibility index (Phi) is 11.7. The standard InChI is InChI=1S/C8H17Cl.2C5H5.Zr/c1-2-3-4-5-6-7-8-9;2*1-2-4-5-3-1;/h2-8H2,1H3;2*1-3H,4H2;. The number of alkyl halides is 1. The van der Waals surface area contributed by atoms with Crippen LogP contribution in [0.15, 0.2) is 43.0 Å². The number of halogens is 1. The van der Waals surface area contributed by atoms with Gasteiger partial charge in [-0.2, -0.15) is 0 Å². The van der Waals surface area contributed by atoms with E-state index in [4.69, 9.17) is 11.6 Å². The van der Waals surface area contributed by atoms with E-state index in [0.29, 0.717) is 0 Å². The van der Waals surface area contributed by atoms with Crippen molar-refractivity contribution in [1.29, 1.82) is 0 Å². The van der Waals surface area contributed by atoms with Gasteiger partial charge in [-0.15, -0.1) is 11.6 Å². The zero-order chi connectivity index (χ0) is 14.5. The average molecular weight is 370 g/mol. The second-order valence-electron chi connectivity index (χ2n) is 5.23. The Morgan fingerprint density at radius 1 is 0.900 bits per heavy atom. The molecule has 0 spiro atoms. The third-order valence-corrected chi connectivity index (χ3v) is 7.02. The van der Waals surface area contributed by atoms with E-state index < -0.39 is 0 Å². The summed E-state index contributed by atoms with van der Waals surface area (Å²) in [7, 11) is 0. The van der Waals surface area contributed by atoms with Crippen LogP contribution < -0.4 is 0 Å². The number of allylic oxidation sites excluding steroid dienone is 8. The number of rotatable bonds is 8. The van der Waals surface area contributed by atoms with Gasteiger partial charge in [0.15, 0.2) is 0 Å². The molecule has 0 aliphatic heterocycles. The molecule has 0 amide bonds. The van der Waals surface area contributed by atoms with E-state index in [2.05, 4.69) is 43.4 Å². The Labute approximate surface area is 141 Å². The van der Waals surface area contributed by atoms with Gasteiger partial charge in [0.25, 0.3) is 0 Å². The fraction of sp³-hybridized carbons (Fsp3) is 0.556. The molecule has 0 aromatic rings. The van der Waals surface area contributed by atoms with E-state index in [-0.39, 0.29) is 23.2 Å². The van der Waals surface area contributed by atoms with Gasteiger partial charge in [-0.3, -0.25) is 0 Å². The molecule has 0 aromatic heterocycles. The summed E-state index contributed by atoms with van der Waals surface area (Å²) in [5.74, 6) is 0.839. The van der Waals surface area contributed by atoms with Crippen LogP contribution in [0, 0.1) is 0 Å². The van der Waals surface area contributed by atoms with E-state index in [9.17, 15) is 0 Å². The largest absolute Gasteiger partial charge is 0.127 e. The number of hydrogen-bond donors (Lipinski definition) is 0. The molecule has 0 aromatic carbocycles. The van der Waals surface area contributed by atoms with Crippen molar-refractivity contribution in [2.24, 2.45) is 0 Å². The summed E-state index contributed by atoms with van der Waals surface area (Å²) < 4.78 is 3.45. The molecule has 0 nitrogen and oxygen atoms in total. The normalized spacial score (nSPS) is 15.7. The molecular weight excluding hydrogens is 343 g/mol. The summed E-state index contributed by atoms with van der Waals surface area (Å²) in [4.78, 5) is 0. The van der Waals surface area contributed by atoms with Gasteiger partial charge >= 0.3 is 79.1 Å². The van der Waals surface area contributed by atoms with Crippen LogP contribution in [-0.4, -0.2) is 5.88 Å². The summed E-state index contributed by atoms with van der Waals surface area (Å²) in [6.07, 6.45) is 24.0. The molecule has 2 rings (SSSR count). The van der Waals surface area contributed by atoms with Crippen molar-refractivity contribution in [3.05, 3.63) is 43.0 Å². The van der Waals surface area contributed by atoms with Gasteiger partial charge in [0.2, 0.25) is 0 Å². The van der Waals surface area contributed by atoms with Crippen LogP contribution in [0.5, 0.6) is 0 Å². The van der Waals surface area contributed by atoms with Crippen molar-refractivity contribution in [2.75, 3.05) is 5.88 Å². The minimum Gasteiger partial charge on any atom is -0.127 e. The van der Waals surface area contributed by atoms with Gasteiger partial charge in [0.05, 0.1) is 0 Å². The van der Waals surface area contributed by atoms with Crippen molar-refractivity contribution < 1.29 is 23.2 Å². The Morgan fingerprint density at radius 2 is 1.45 bits per heavy atom. The molecule has 0 bridgehead atoms. The molecule has 0 saturated heterocycles. The Bertz CT molecular complexity index is 330. The third kappa shape index (κ3) is 9.14. The second kappa shape index (κ2) is 12.8. The molecule has 2 aliphatic carbocycles. The summed E-state index contributed by atoms with van der Waals surface area (Å²) in [5.41, 5.74) is 0. The van der Waals surface area contributed by atoms with E-state index in [1.807, 2.05) is 0 Å². The first-order valence-corrected chi connectivity index (χ1v) is 10.9. The van der Waals surface area contributed by atoms with Crippen LogP contribution in [0.25, 0.3) is 0 Å². The zero-order valence-electron chi connectivity index (χ0n) is 12.7. The van der Waals surface area contributed by atoms with E-state index in [1.165, 1.54) is 51.4 Å². The Morgan fingerprint density at radius 3 is 1.90 bits per heavy atom. The fourth-order valence-corrected chi connectivity index (χ4v) is 5.33. The maximum atomic E-state index is 5.51. The van der Waals surface area contributed by atoms with Gasteiger partial charge in [-0.1, -0.05) is 39.0 Å². The summed E-state index contributed by atoms with van der Waals surface area (Å²) in [6, 6.07) is 0. The minimum atomic E-state index is -0.312. The van der Waals surface area contributed by atoms with Crippen LogP contribution in [0.2, 0.25) is 0 Å². The topological polar surface area (TPSA) is 0 Å². The predicted octanol–water partition coefficient (Wildman–Crippen LogP) is 6.34. The summed E-state index contributed by atoms with van der Waals surface area (Å²) >= 11 is 5.20. The van der Waals surface area contributed by atoms with E-state index in [0.717, 1.165) is 5.88 Å². The number of unbranched alkanes of at least 4 members (excludes halogenated alkanes) is 5. The fourth-order valence-electron chi connectivity index (χ4n) is 2.16. The van der Waals surface area contributed by atoms with Crippen LogP contribution in [0.3, 0.4) is 0 Å². The van der Waals surface area contributed by atoms with Crippen LogP contribution in [0.4, 0.5) is 0 Å². The molecule has 0 fully saturated rings. The SMILES string of the molecule is C1=CC[C]([Zr][C]2=CC=CC2)=C1.CCCCCCCCCl. The molecular formula is C18H27ClZr. The maximum absolute atomic E-state index is 5.51. The van der Waals surface area contributed by atoms with E-state index >= 15 is 0 Å². The van der Waals surface area contributed by atoms with Crippen molar-refractivity contribution in [3.8, 4) is 0 Å². The molecule has 0 heterocycles. The first-order chi connectivity index (χ1) is 9.86. The third-order valence-electron chi connectivity index (χ3n) is 3.35. The first-order valence-electron chi connectivity index (χ1n) is 7.91. The molecule has 2 aliphatic rings. The van der Waals surface area contributed by atoms with Crippen molar-refractivity contribution in [2.45, 2.75) is 58.3 Å². The molecule has 20 heavy (non-hydrogen) atoms. The van der Waals surface area contributed by atoms with Crippen molar-refractivity contribution in [3.63, 3.8) is 0 Å². The molecule has 0 unspecified atom stereocenters. The van der Waals surface area contributed by atoms with Crippen molar-refractivity contribution in [1.82, 2.24) is 0 Å². The molecule has 0 atom stereocenters. The zero-order valence-corrected chi connectivity index (χ0v) is 15.9. The molecule has 0 radical (unpaired) electrons. The smallest absolute Gasteiger partial charge is 0.0223 e. The average Bonchev–Trinajstić information content (AvgIpc) is 3.14. The summed E-state index contributed by atoms with van der Waals surface area (Å²) in [6.45, 7) is 2.24. The predicted molar refractivity (Wildman–Crippen MR) is 87.8 cm³/mol. The first kappa shape index (κ1) is 18.2. The van der Waals surface area contributed by atoms with E-state index in [1.54, 1.807) is 6.56 Å².